The van der Waals surface area contributed by atoms with Crippen LogP contribution in [0.4, 0.5) is 10.1 Å². The second-order valence-electron chi connectivity index (χ2n) is 6.68. The van der Waals surface area contributed by atoms with Crippen molar-refractivity contribution >= 4 is 29.1 Å². The van der Waals surface area contributed by atoms with Gasteiger partial charge >= 0.3 is 0 Å². The molecule has 150 valence electrons. The minimum Gasteiger partial charge on any atom is -0.337 e. The molecule has 2 amide bonds. The van der Waals surface area contributed by atoms with Gasteiger partial charge in [0.1, 0.15) is 12.4 Å². The number of fused-ring (bicyclic) bond motifs is 1. The summed E-state index contributed by atoms with van der Waals surface area (Å²) in [7, 11) is 0. The van der Waals surface area contributed by atoms with Gasteiger partial charge in [-0.15, -0.1) is 0 Å². The van der Waals surface area contributed by atoms with Crippen LogP contribution in [0.2, 0.25) is 5.02 Å². The molecule has 0 saturated carbocycles. The molecule has 2 aliphatic heterocycles. The van der Waals surface area contributed by atoms with E-state index in [1.54, 1.807) is 24.3 Å². The van der Waals surface area contributed by atoms with Crippen LogP contribution in [-0.2, 0) is 16.1 Å². The summed E-state index contributed by atoms with van der Waals surface area (Å²) in [6, 6.07) is 10.3. The van der Waals surface area contributed by atoms with Crippen molar-refractivity contribution in [1.29, 1.82) is 0 Å². The Morgan fingerprint density at radius 2 is 1.93 bits per heavy atom. The van der Waals surface area contributed by atoms with E-state index in [2.05, 4.69) is 20.5 Å². The molecule has 0 spiro atoms. The highest BCUT2D eigenvalue weighted by atomic mass is 35.5. The summed E-state index contributed by atoms with van der Waals surface area (Å²) in [5.41, 5.74) is 0.743. The summed E-state index contributed by atoms with van der Waals surface area (Å²) in [4.78, 5) is 30.8. The fourth-order valence-corrected chi connectivity index (χ4v) is 3.65. The van der Waals surface area contributed by atoms with Crippen LogP contribution in [0.15, 0.2) is 63.4 Å². The zero-order valence-corrected chi connectivity index (χ0v) is 15.9. The molecule has 11 heteroatoms. The van der Waals surface area contributed by atoms with Crippen molar-refractivity contribution in [2.45, 2.75) is 18.6 Å². The van der Waals surface area contributed by atoms with E-state index in [0.29, 0.717) is 16.4 Å². The maximum absolute atomic E-state index is 13.6. The SMILES string of the molecule is O=C1[C@H]2N=NN(Cc3nc(-c4ccccc4Cl)no3)[C@@H]2C(=O)N1c1cccc(F)c1. The van der Waals surface area contributed by atoms with Crippen molar-refractivity contribution in [2.24, 2.45) is 10.3 Å². The van der Waals surface area contributed by atoms with Crippen LogP contribution < -0.4 is 4.90 Å². The van der Waals surface area contributed by atoms with E-state index in [4.69, 9.17) is 16.1 Å². The van der Waals surface area contributed by atoms with E-state index >= 15 is 0 Å². The lowest BCUT2D eigenvalue weighted by Gasteiger charge is -2.19. The molecule has 3 heterocycles. The molecule has 0 N–H and O–H groups in total. The van der Waals surface area contributed by atoms with Gasteiger partial charge in [-0.25, -0.2) is 9.29 Å². The Morgan fingerprint density at radius 1 is 1.10 bits per heavy atom. The van der Waals surface area contributed by atoms with E-state index < -0.39 is 29.7 Å². The minimum absolute atomic E-state index is 0.0296. The number of amides is 2. The number of hydrogen-bond donors (Lipinski definition) is 0. The van der Waals surface area contributed by atoms with Gasteiger partial charge in [0.25, 0.3) is 11.8 Å². The monoisotopic (exact) mass is 426 g/mol. The molecular weight excluding hydrogens is 415 g/mol. The number of aromatic nitrogens is 2. The number of anilines is 1. The smallest absolute Gasteiger partial charge is 0.263 e. The molecule has 1 saturated heterocycles. The van der Waals surface area contributed by atoms with E-state index in [1.165, 1.54) is 23.2 Å². The molecule has 0 bridgehead atoms. The number of carbonyl (C=O) groups is 2. The van der Waals surface area contributed by atoms with Crippen LogP contribution >= 0.6 is 11.6 Å². The van der Waals surface area contributed by atoms with Gasteiger partial charge in [-0.3, -0.25) is 14.6 Å². The predicted octanol–water partition coefficient (Wildman–Crippen LogP) is 3.02. The van der Waals surface area contributed by atoms with Crippen molar-refractivity contribution in [2.75, 3.05) is 4.90 Å². The van der Waals surface area contributed by atoms with Gasteiger partial charge in [0, 0.05) is 5.56 Å². The highest BCUT2D eigenvalue weighted by Gasteiger charge is 2.55. The summed E-state index contributed by atoms with van der Waals surface area (Å²) in [6.45, 7) is -0.0296. The fourth-order valence-electron chi connectivity index (χ4n) is 3.43. The minimum atomic E-state index is -1.01. The second kappa shape index (κ2) is 6.99. The molecule has 0 aliphatic carbocycles. The Hall–Kier alpha value is -3.66. The van der Waals surface area contributed by atoms with Crippen LogP contribution in [0.3, 0.4) is 0 Å². The average molecular weight is 427 g/mol. The van der Waals surface area contributed by atoms with E-state index in [1.807, 2.05) is 0 Å². The molecule has 0 radical (unpaired) electrons. The number of imide groups is 1. The van der Waals surface area contributed by atoms with Gasteiger partial charge < -0.3 is 4.52 Å². The van der Waals surface area contributed by atoms with Crippen LogP contribution in [0.25, 0.3) is 11.4 Å². The normalized spacial score (nSPS) is 20.3. The molecule has 0 unspecified atom stereocenters. The molecule has 5 rings (SSSR count). The third-order valence-electron chi connectivity index (χ3n) is 4.80. The first-order chi connectivity index (χ1) is 14.5. The van der Waals surface area contributed by atoms with Gasteiger partial charge in [-0.05, 0) is 30.3 Å². The van der Waals surface area contributed by atoms with Crippen molar-refractivity contribution in [3.8, 4) is 11.4 Å². The zero-order chi connectivity index (χ0) is 20.8. The first kappa shape index (κ1) is 18.4. The first-order valence-corrected chi connectivity index (χ1v) is 9.29. The summed E-state index contributed by atoms with van der Waals surface area (Å²) in [5.74, 6) is -1.20. The molecule has 2 aliphatic rings. The van der Waals surface area contributed by atoms with Gasteiger partial charge in [0.15, 0.2) is 12.1 Å². The average Bonchev–Trinajstić information content (AvgIpc) is 3.41. The summed E-state index contributed by atoms with van der Waals surface area (Å²) in [5, 5.41) is 13.5. The molecular formula is C19H12ClFN6O3. The lowest BCUT2D eigenvalue weighted by Crippen LogP contribution is -2.39. The number of hydrogen-bond acceptors (Lipinski definition) is 8. The topological polar surface area (TPSA) is 104 Å². The molecule has 30 heavy (non-hydrogen) atoms. The molecule has 3 aromatic rings. The van der Waals surface area contributed by atoms with Crippen LogP contribution in [0.5, 0.6) is 0 Å². The Bertz CT molecular complexity index is 1200. The Balaban J connectivity index is 1.38. The largest absolute Gasteiger partial charge is 0.337 e. The predicted molar refractivity (Wildman–Crippen MR) is 102 cm³/mol. The summed E-state index contributed by atoms with van der Waals surface area (Å²) < 4.78 is 18.8. The van der Waals surface area contributed by atoms with Crippen molar-refractivity contribution in [1.82, 2.24) is 15.1 Å². The lowest BCUT2D eigenvalue weighted by atomic mass is 10.1. The van der Waals surface area contributed by atoms with E-state index in [-0.39, 0.29) is 18.1 Å². The number of rotatable bonds is 4. The van der Waals surface area contributed by atoms with Crippen molar-refractivity contribution < 1.29 is 18.5 Å². The fraction of sp³-hybridized carbons (Fsp3) is 0.158. The van der Waals surface area contributed by atoms with Crippen molar-refractivity contribution in [3.63, 3.8) is 0 Å². The Labute approximate surface area is 173 Å². The number of carbonyl (C=O) groups excluding carboxylic acids is 2. The van der Waals surface area contributed by atoms with Crippen LogP contribution in [0.1, 0.15) is 5.89 Å². The third-order valence-corrected chi connectivity index (χ3v) is 5.13. The maximum Gasteiger partial charge on any atom is 0.263 e. The number of halogens is 2. The quantitative estimate of drug-likeness (QED) is 0.594. The van der Waals surface area contributed by atoms with Gasteiger partial charge in [0.2, 0.25) is 11.7 Å². The molecule has 2 atom stereocenters. The highest BCUT2D eigenvalue weighted by Crippen LogP contribution is 2.33. The first-order valence-electron chi connectivity index (χ1n) is 8.91. The van der Waals surface area contributed by atoms with Gasteiger partial charge in [-0.2, -0.15) is 10.1 Å². The van der Waals surface area contributed by atoms with E-state index in [0.717, 1.165) is 11.0 Å². The van der Waals surface area contributed by atoms with Gasteiger partial charge in [0.05, 0.1) is 10.7 Å². The summed E-state index contributed by atoms with van der Waals surface area (Å²) >= 11 is 6.15. The third kappa shape index (κ3) is 2.92. The van der Waals surface area contributed by atoms with E-state index in [9.17, 15) is 14.0 Å². The number of benzene rings is 2. The molecule has 1 aromatic heterocycles. The Kier molecular flexibility index (Phi) is 4.28. The van der Waals surface area contributed by atoms with Crippen molar-refractivity contribution in [3.05, 3.63) is 65.3 Å². The zero-order valence-electron chi connectivity index (χ0n) is 15.1. The van der Waals surface area contributed by atoms with Gasteiger partial charge in [-0.1, -0.05) is 40.2 Å². The molecule has 9 nitrogen and oxygen atoms in total. The second-order valence-corrected chi connectivity index (χ2v) is 7.08. The molecule has 2 aromatic carbocycles. The standard InChI is InChI=1S/C19H12ClFN6O3/c20-13-7-2-1-6-12(13)17-22-14(30-24-17)9-26-16-15(23-25-26)18(28)27(19(16)29)11-5-3-4-10(21)8-11/h1-8,15-16H,9H2/t15-,16-/m0/s1. The summed E-state index contributed by atoms with van der Waals surface area (Å²) in [6.07, 6.45) is 0. The van der Waals surface area contributed by atoms with Crippen LogP contribution in [-0.4, -0.2) is 39.0 Å². The van der Waals surface area contributed by atoms with Crippen LogP contribution in [0, 0.1) is 5.82 Å². The highest BCUT2D eigenvalue weighted by molar-refractivity contribution is 6.33. The number of nitrogens with zero attached hydrogens (tertiary/aromatic N) is 6. The molecule has 1 fully saturated rings. The maximum atomic E-state index is 13.6. The Morgan fingerprint density at radius 3 is 2.73 bits per heavy atom. The lowest BCUT2D eigenvalue weighted by molar-refractivity contribution is -0.123.